The van der Waals surface area contributed by atoms with Crippen molar-refractivity contribution < 1.29 is 9.53 Å². The van der Waals surface area contributed by atoms with Gasteiger partial charge in [0.15, 0.2) is 0 Å². The van der Waals surface area contributed by atoms with Crippen molar-refractivity contribution in [3.63, 3.8) is 0 Å². The number of carbonyl (C=O) groups excluding carboxylic acids is 1. The van der Waals surface area contributed by atoms with Crippen LogP contribution < -0.4 is 10.6 Å². The molecule has 2 fully saturated rings. The lowest BCUT2D eigenvalue weighted by molar-refractivity contribution is -0.121. The summed E-state index contributed by atoms with van der Waals surface area (Å²) in [5.74, 6) is 0.194. The van der Waals surface area contributed by atoms with E-state index in [-0.39, 0.29) is 5.91 Å². The van der Waals surface area contributed by atoms with Crippen LogP contribution in [0.2, 0.25) is 0 Å². The lowest BCUT2D eigenvalue weighted by atomic mass is 10.1. The molecule has 0 aromatic carbocycles. The molecule has 1 aliphatic carbocycles. The van der Waals surface area contributed by atoms with E-state index in [2.05, 4.69) is 10.6 Å². The molecule has 0 aromatic rings. The zero-order valence-corrected chi connectivity index (χ0v) is 10.5. The van der Waals surface area contributed by atoms with Crippen molar-refractivity contribution in [2.75, 3.05) is 19.7 Å². The normalized spacial score (nSPS) is 23.9. The summed E-state index contributed by atoms with van der Waals surface area (Å²) in [4.78, 5) is 11.4. The second-order valence-corrected chi connectivity index (χ2v) is 5.12. The average molecular weight is 240 g/mol. The van der Waals surface area contributed by atoms with Crippen molar-refractivity contribution in [2.24, 2.45) is 0 Å². The van der Waals surface area contributed by atoms with Gasteiger partial charge in [0.1, 0.15) is 0 Å². The maximum absolute atomic E-state index is 11.4. The molecule has 1 saturated carbocycles. The molecule has 1 heterocycles. The number of hydrogen-bond acceptors (Lipinski definition) is 3. The number of ether oxygens (including phenoxy) is 1. The third-order valence-corrected chi connectivity index (χ3v) is 3.37. The van der Waals surface area contributed by atoms with Gasteiger partial charge >= 0.3 is 0 Å². The molecule has 17 heavy (non-hydrogen) atoms. The van der Waals surface area contributed by atoms with Crippen molar-refractivity contribution in [2.45, 2.75) is 57.1 Å². The van der Waals surface area contributed by atoms with Gasteiger partial charge in [-0.15, -0.1) is 0 Å². The summed E-state index contributed by atoms with van der Waals surface area (Å²) >= 11 is 0. The number of nitrogens with one attached hydrogen (secondary N) is 2. The van der Waals surface area contributed by atoms with E-state index < -0.39 is 0 Å². The highest BCUT2D eigenvalue weighted by Crippen LogP contribution is 2.18. The van der Waals surface area contributed by atoms with E-state index in [9.17, 15) is 4.79 Å². The van der Waals surface area contributed by atoms with Crippen LogP contribution in [0.5, 0.6) is 0 Å². The summed E-state index contributed by atoms with van der Waals surface area (Å²) in [6, 6.07) is 0.488. The molecule has 98 valence electrons. The molecular formula is C13H24N2O2. The molecule has 1 unspecified atom stereocenters. The molecular weight excluding hydrogens is 216 g/mol. The standard InChI is InChI=1S/C13H24N2O2/c16-13(15-11-5-6-11)7-9-14-8-1-3-12-4-2-10-17-12/h11-12,14H,1-10H2,(H,15,16). The van der Waals surface area contributed by atoms with Gasteiger partial charge < -0.3 is 15.4 Å². The largest absolute Gasteiger partial charge is 0.378 e. The van der Waals surface area contributed by atoms with Gasteiger partial charge in [0.25, 0.3) is 0 Å². The van der Waals surface area contributed by atoms with E-state index in [4.69, 9.17) is 4.74 Å². The highest BCUT2D eigenvalue weighted by atomic mass is 16.5. The molecule has 4 nitrogen and oxygen atoms in total. The van der Waals surface area contributed by atoms with Crippen LogP contribution in [-0.2, 0) is 9.53 Å². The number of carbonyl (C=O) groups is 1. The van der Waals surface area contributed by atoms with Gasteiger partial charge in [0.05, 0.1) is 6.10 Å². The van der Waals surface area contributed by atoms with Crippen LogP contribution in [0.1, 0.15) is 44.9 Å². The van der Waals surface area contributed by atoms with Gasteiger partial charge in [-0.2, -0.15) is 0 Å². The summed E-state index contributed by atoms with van der Waals surface area (Å²) in [6.07, 6.45) is 8.19. The number of hydrogen-bond donors (Lipinski definition) is 2. The zero-order chi connectivity index (χ0) is 11.9. The average Bonchev–Trinajstić information content (AvgIpc) is 2.96. The first kappa shape index (κ1) is 12.8. The lowest BCUT2D eigenvalue weighted by Gasteiger charge is -2.09. The smallest absolute Gasteiger partial charge is 0.221 e. The molecule has 2 N–H and O–H groups in total. The van der Waals surface area contributed by atoms with Gasteiger partial charge in [-0.05, 0) is 45.1 Å². The van der Waals surface area contributed by atoms with Gasteiger partial charge in [0, 0.05) is 25.6 Å². The second kappa shape index (κ2) is 6.97. The summed E-state index contributed by atoms with van der Waals surface area (Å²) in [6.45, 7) is 2.74. The van der Waals surface area contributed by atoms with E-state index in [1.54, 1.807) is 0 Å². The van der Waals surface area contributed by atoms with E-state index in [0.29, 0.717) is 18.6 Å². The van der Waals surface area contributed by atoms with E-state index in [1.165, 1.54) is 25.7 Å². The molecule has 1 atom stereocenters. The quantitative estimate of drug-likeness (QED) is 0.627. The van der Waals surface area contributed by atoms with Gasteiger partial charge in [0.2, 0.25) is 5.91 Å². The topological polar surface area (TPSA) is 50.4 Å². The Morgan fingerprint density at radius 3 is 2.82 bits per heavy atom. The van der Waals surface area contributed by atoms with Gasteiger partial charge in [-0.25, -0.2) is 0 Å². The minimum atomic E-state index is 0.194. The molecule has 0 bridgehead atoms. The molecule has 1 aliphatic heterocycles. The van der Waals surface area contributed by atoms with Crippen LogP contribution in [-0.4, -0.2) is 37.7 Å². The molecule has 4 heteroatoms. The Labute approximate surface area is 103 Å². The van der Waals surface area contributed by atoms with E-state index >= 15 is 0 Å². The summed E-state index contributed by atoms with van der Waals surface area (Å²) < 4.78 is 5.56. The van der Waals surface area contributed by atoms with Crippen molar-refractivity contribution >= 4 is 5.91 Å². The van der Waals surface area contributed by atoms with Crippen LogP contribution in [0, 0.1) is 0 Å². The van der Waals surface area contributed by atoms with Crippen LogP contribution >= 0.6 is 0 Å². The highest BCUT2D eigenvalue weighted by molar-refractivity contribution is 5.76. The van der Waals surface area contributed by atoms with Crippen LogP contribution in [0.4, 0.5) is 0 Å². The first-order valence-electron chi connectivity index (χ1n) is 6.96. The first-order valence-corrected chi connectivity index (χ1v) is 6.96. The van der Waals surface area contributed by atoms with Gasteiger partial charge in [-0.3, -0.25) is 4.79 Å². The fourth-order valence-corrected chi connectivity index (χ4v) is 2.18. The lowest BCUT2D eigenvalue weighted by Crippen LogP contribution is -2.29. The monoisotopic (exact) mass is 240 g/mol. The number of amides is 1. The Balaban J connectivity index is 1.36. The van der Waals surface area contributed by atoms with Crippen molar-refractivity contribution in [1.82, 2.24) is 10.6 Å². The van der Waals surface area contributed by atoms with Crippen molar-refractivity contribution in [3.8, 4) is 0 Å². The predicted octanol–water partition coefficient (Wildman–Crippen LogP) is 1.20. The predicted molar refractivity (Wildman–Crippen MR) is 66.9 cm³/mol. The Morgan fingerprint density at radius 2 is 2.12 bits per heavy atom. The molecule has 0 aromatic heterocycles. The third-order valence-electron chi connectivity index (χ3n) is 3.37. The van der Waals surface area contributed by atoms with Crippen molar-refractivity contribution in [1.29, 1.82) is 0 Å². The fourth-order valence-electron chi connectivity index (χ4n) is 2.18. The van der Waals surface area contributed by atoms with Gasteiger partial charge in [-0.1, -0.05) is 0 Å². The second-order valence-electron chi connectivity index (χ2n) is 5.12. The minimum absolute atomic E-state index is 0.194. The Hall–Kier alpha value is -0.610. The fraction of sp³-hybridized carbons (Fsp3) is 0.923. The maximum Gasteiger partial charge on any atom is 0.221 e. The number of rotatable bonds is 8. The Bertz CT molecular complexity index is 236. The van der Waals surface area contributed by atoms with Crippen LogP contribution in [0.25, 0.3) is 0 Å². The summed E-state index contributed by atoms with van der Waals surface area (Å²) in [7, 11) is 0. The zero-order valence-electron chi connectivity index (χ0n) is 10.5. The minimum Gasteiger partial charge on any atom is -0.378 e. The Kier molecular flexibility index (Phi) is 5.26. The van der Waals surface area contributed by atoms with E-state index in [0.717, 1.165) is 32.5 Å². The first-order chi connectivity index (χ1) is 8.34. The SMILES string of the molecule is O=C(CCNCCCC1CCCO1)NC1CC1. The summed E-state index contributed by atoms with van der Waals surface area (Å²) in [5.41, 5.74) is 0. The molecule has 1 amide bonds. The third kappa shape index (κ3) is 5.50. The molecule has 2 rings (SSSR count). The molecule has 1 saturated heterocycles. The van der Waals surface area contributed by atoms with Crippen LogP contribution in [0.3, 0.4) is 0 Å². The maximum atomic E-state index is 11.4. The van der Waals surface area contributed by atoms with Crippen molar-refractivity contribution in [3.05, 3.63) is 0 Å². The molecule has 2 aliphatic rings. The summed E-state index contributed by atoms with van der Waals surface area (Å²) in [5, 5.41) is 6.31. The molecule has 0 radical (unpaired) electrons. The Morgan fingerprint density at radius 1 is 1.24 bits per heavy atom. The van der Waals surface area contributed by atoms with Crippen LogP contribution in [0.15, 0.2) is 0 Å². The van der Waals surface area contributed by atoms with E-state index in [1.807, 2.05) is 0 Å². The highest BCUT2D eigenvalue weighted by Gasteiger charge is 2.22. The molecule has 0 spiro atoms.